The van der Waals surface area contributed by atoms with E-state index in [1.54, 1.807) is 0 Å². The Hall–Kier alpha value is -0.880. The van der Waals surface area contributed by atoms with E-state index in [1.165, 1.54) is 5.69 Å². The van der Waals surface area contributed by atoms with Gasteiger partial charge in [-0.15, -0.1) is 0 Å². The van der Waals surface area contributed by atoms with E-state index in [2.05, 4.69) is 49.6 Å². The SMILES string of the molecule is CCC1CN(Cc2c(Br)c(C)nn2CC)CCC1=NO. The minimum Gasteiger partial charge on any atom is -0.411 e. The molecule has 0 radical (unpaired) electrons. The van der Waals surface area contributed by atoms with E-state index < -0.39 is 0 Å². The van der Waals surface area contributed by atoms with E-state index >= 15 is 0 Å². The fourth-order valence-electron chi connectivity index (χ4n) is 2.86. The molecule has 5 nitrogen and oxygen atoms in total. The van der Waals surface area contributed by atoms with Gasteiger partial charge in [0.2, 0.25) is 0 Å². The summed E-state index contributed by atoms with van der Waals surface area (Å²) in [5.74, 6) is 0.367. The molecular formula is C14H23BrN4O. The molecule has 0 aromatic carbocycles. The molecule has 2 heterocycles. The zero-order valence-corrected chi connectivity index (χ0v) is 14.0. The molecule has 2 rings (SSSR count). The molecule has 1 saturated heterocycles. The first-order valence-corrected chi connectivity index (χ1v) is 8.04. The zero-order chi connectivity index (χ0) is 14.7. The van der Waals surface area contributed by atoms with Crippen molar-refractivity contribution in [3.8, 4) is 0 Å². The van der Waals surface area contributed by atoms with Gasteiger partial charge in [0.25, 0.3) is 0 Å². The molecular weight excluding hydrogens is 320 g/mol. The van der Waals surface area contributed by atoms with Gasteiger partial charge in [0.15, 0.2) is 0 Å². The molecule has 1 unspecified atom stereocenters. The molecule has 0 aliphatic carbocycles. The van der Waals surface area contributed by atoms with Crippen molar-refractivity contribution in [2.45, 2.75) is 46.7 Å². The second-order valence-corrected chi connectivity index (χ2v) is 6.14. The highest BCUT2D eigenvalue weighted by Crippen LogP contribution is 2.25. The van der Waals surface area contributed by atoms with Gasteiger partial charge in [0, 0.05) is 38.5 Å². The molecule has 1 aromatic heterocycles. The van der Waals surface area contributed by atoms with E-state index in [0.29, 0.717) is 5.92 Å². The maximum absolute atomic E-state index is 9.05. The molecule has 112 valence electrons. The van der Waals surface area contributed by atoms with E-state index in [1.807, 2.05) is 6.92 Å². The van der Waals surface area contributed by atoms with Gasteiger partial charge < -0.3 is 5.21 Å². The van der Waals surface area contributed by atoms with Crippen LogP contribution in [0.1, 0.15) is 38.1 Å². The van der Waals surface area contributed by atoms with Gasteiger partial charge in [-0.2, -0.15) is 5.10 Å². The lowest BCUT2D eigenvalue weighted by atomic mass is 9.93. The number of aryl methyl sites for hydroxylation is 2. The standard InChI is InChI=1S/C14H23BrN4O/c1-4-11-8-18(7-6-12(11)17-20)9-13-14(15)10(3)16-19(13)5-2/h11,20H,4-9H2,1-3H3. The fraction of sp³-hybridized carbons (Fsp3) is 0.714. The average molecular weight is 343 g/mol. The lowest BCUT2D eigenvalue weighted by Gasteiger charge is -2.32. The molecule has 0 saturated carbocycles. The second-order valence-electron chi connectivity index (χ2n) is 5.34. The van der Waals surface area contributed by atoms with Crippen molar-refractivity contribution < 1.29 is 5.21 Å². The number of oxime groups is 1. The van der Waals surface area contributed by atoms with Crippen LogP contribution in [0.4, 0.5) is 0 Å². The smallest absolute Gasteiger partial charge is 0.0739 e. The van der Waals surface area contributed by atoms with Crippen molar-refractivity contribution in [1.29, 1.82) is 0 Å². The van der Waals surface area contributed by atoms with Crippen LogP contribution >= 0.6 is 15.9 Å². The number of aromatic nitrogens is 2. The Labute approximate surface area is 128 Å². The van der Waals surface area contributed by atoms with Crippen LogP contribution < -0.4 is 0 Å². The van der Waals surface area contributed by atoms with Crippen molar-refractivity contribution in [3.63, 3.8) is 0 Å². The van der Waals surface area contributed by atoms with Gasteiger partial charge in [-0.1, -0.05) is 12.1 Å². The summed E-state index contributed by atoms with van der Waals surface area (Å²) < 4.78 is 3.18. The Morgan fingerprint density at radius 2 is 2.20 bits per heavy atom. The molecule has 0 amide bonds. The third kappa shape index (κ3) is 3.06. The van der Waals surface area contributed by atoms with Crippen molar-refractivity contribution in [1.82, 2.24) is 14.7 Å². The summed E-state index contributed by atoms with van der Waals surface area (Å²) in [5, 5.41) is 17.0. The highest BCUT2D eigenvalue weighted by molar-refractivity contribution is 9.10. The number of likely N-dealkylation sites (tertiary alicyclic amines) is 1. The summed E-state index contributed by atoms with van der Waals surface area (Å²) in [5.41, 5.74) is 3.23. The minimum atomic E-state index is 0.367. The summed E-state index contributed by atoms with van der Waals surface area (Å²) in [6.07, 6.45) is 1.87. The summed E-state index contributed by atoms with van der Waals surface area (Å²) >= 11 is 3.65. The molecule has 1 aliphatic heterocycles. The van der Waals surface area contributed by atoms with Gasteiger partial charge >= 0.3 is 0 Å². The number of hydrogen-bond acceptors (Lipinski definition) is 4. The van der Waals surface area contributed by atoms with E-state index in [0.717, 1.165) is 54.9 Å². The van der Waals surface area contributed by atoms with Gasteiger partial charge in [0.1, 0.15) is 0 Å². The van der Waals surface area contributed by atoms with Crippen LogP contribution in [0.15, 0.2) is 9.63 Å². The summed E-state index contributed by atoms with van der Waals surface area (Å²) in [4.78, 5) is 2.43. The largest absolute Gasteiger partial charge is 0.411 e. The first-order chi connectivity index (χ1) is 9.60. The van der Waals surface area contributed by atoms with Crippen LogP contribution in [0.3, 0.4) is 0 Å². The Bertz CT molecular complexity index is 498. The number of rotatable bonds is 4. The number of nitrogens with zero attached hydrogens (tertiary/aromatic N) is 4. The lowest BCUT2D eigenvalue weighted by molar-refractivity contribution is 0.214. The summed E-state index contributed by atoms with van der Waals surface area (Å²) in [7, 11) is 0. The Morgan fingerprint density at radius 3 is 2.80 bits per heavy atom. The highest BCUT2D eigenvalue weighted by atomic mass is 79.9. The van der Waals surface area contributed by atoms with Crippen LogP contribution in [0.5, 0.6) is 0 Å². The Kier molecular flexibility index (Phi) is 5.21. The van der Waals surface area contributed by atoms with E-state index in [9.17, 15) is 0 Å². The van der Waals surface area contributed by atoms with Gasteiger partial charge in [-0.25, -0.2) is 0 Å². The van der Waals surface area contributed by atoms with Crippen LogP contribution in [0.2, 0.25) is 0 Å². The third-order valence-corrected chi connectivity index (χ3v) is 5.11. The van der Waals surface area contributed by atoms with Crippen molar-refractivity contribution in [2.75, 3.05) is 13.1 Å². The molecule has 1 atom stereocenters. The maximum Gasteiger partial charge on any atom is 0.0739 e. The number of piperidine rings is 1. The van der Waals surface area contributed by atoms with Crippen molar-refractivity contribution in [3.05, 3.63) is 15.9 Å². The molecule has 20 heavy (non-hydrogen) atoms. The summed E-state index contributed by atoms with van der Waals surface area (Å²) in [6.45, 7) is 9.97. The number of hydrogen-bond donors (Lipinski definition) is 1. The topological polar surface area (TPSA) is 53.7 Å². The van der Waals surface area contributed by atoms with Crippen LogP contribution in [-0.4, -0.2) is 38.7 Å². The summed E-state index contributed by atoms with van der Waals surface area (Å²) in [6, 6.07) is 0. The van der Waals surface area contributed by atoms with Crippen molar-refractivity contribution >= 4 is 21.6 Å². The zero-order valence-electron chi connectivity index (χ0n) is 12.4. The molecule has 1 N–H and O–H groups in total. The maximum atomic E-state index is 9.05. The first kappa shape index (κ1) is 15.5. The van der Waals surface area contributed by atoms with Crippen LogP contribution in [-0.2, 0) is 13.1 Å². The first-order valence-electron chi connectivity index (χ1n) is 7.25. The van der Waals surface area contributed by atoms with E-state index in [-0.39, 0.29) is 0 Å². The van der Waals surface area contributed by atoms with Gasteiger partial charge in [0.05, 0.1) is 21.6 Å². The van der Waals surface area contributed by atoms with Gasteiger partial charge in [-0.3, -0.25) is 9.58 Å². The molecule has 0 bridgehead atoms. The van der Waals surface area contributed by atoms with Gasteiger partial charge in [-0.05, 0) is 36.2 Å². The average Bonchev–Trinajstić information content (AvgIpc) is 2.74. The minimum absolute atomic E-state index is 0.367. The molecule has 0 spiro atoms. The van der Waals surface area contributed by atoms with Crippen LogP contribution in [0.25, 0.3) is 0 Å². The second kappa shape index (κ2) is 6.72. The number of halogens is 1. The van der Waals surface area contributed by atoms with E-state index in [4.69, 9.17) is 5.21 Å². The Morgan fingerprint density at radius 1 is 1.45 bits per heavy atom. The fourth-order valence-corrected chi connectivity index (χ4v) is 3.27. The molecule has 1 aliphatic rings. The normalized spacial score (nSPS) is 22.6. The molecule has 1 aromatic rings. The monoisotopic (exact) mass is 342 g/mol. The van der Waals surface area contributed by atoms with Crippen LogP contribution in [0, 0.1) is 12.8 Å². The molecule has 6 heteroatoms. The predicted octanol–water partition coefficient (Wildman–Crippen LogP) is 3.04. The highest BCUT2D eigenvalue weighted by Gasteiger charge is 2.26. The predicted molar refractivity (Wildman–Crippen MR) is 83.2 cm³/mol. The quantitative estimate of drug-likeness (QED) is 0.675. The van der Waals surface area contributed by atoms with Crippen molar-refractivity contribution in [2.24, 2.45) is 11.1 Å². The molecule has 1 fully saturated rings. The lowest BCUT2D eigenvalue weighted by Crippen LogP contribution is -2.40. The third-order valence-electron chi connectivity index (χ3n) is 4.08. The Balaban J connectivity index is 2.11.